The van der Waals surface area contributed by atoms with Gasteiger partial charge in [0.2, 0.25) is 11.8 Å². The van der Waals surface area contributed by atoms with E-state index in [0.717, 1.165) is 5.56 Å². The van der Waals surface area contributed by atoms with E-state index in [0.29, 0.717) is 13.1 Å². The van der Waals surface area contributed by atoms with Gasteiger partial charge in [-0.25, -0.2) is 0 Å². The quantitative estimate of drug-likeness (QED) is 0.754. The van der Waals surface area contributed by atoms with E-state index in [1.54, 1.807) is 4.90 Å². The lowest BCUT2D eigenvalue weighted by Gasteiger charge is -2.34. The highest BCUT2D eigenvalue weighted by Crippen LogP contribution is 2.22. The molecule has 84 valence electrons. The molecule has 1 fully saturated rings. The first-order valence-corrected chi connectivity index (χ1v) is 5.30. The second kappa shape index (κ2) is 4.35. The van der Waals surface area contributed by atoms with Crippen molar-refractivity contribution in [3.05, 3.63) is 35.9 Å². The van der Waals surface area contributed by atoms with Crippen LogP contribution in [0, 0.1) is 0 Å². The molecule has 4 nitrogen and oxygen atoms in total. The molecule has 0 radical (unpaired) electrons. The molecule has 2 amide bonds. The normalized spacial score (nSPS) is 20.4. The zero-order chi connectivity index (χ0) is 11.5. The molecule has 1 atom stereocenters. The van der Waals surface area contributed by atoms with Gasteiger partial charge in [0.05, 0.1) is 0 Å². The first kappa shape index (κ1) is 10.7. The molecule has 0 saturated carbocycles. The number of amides is 2. The topological polar surface area (TPSA) is 49.4 Å². The van der Waals surface area contributed by atoms with Gasteiger partial charge in [-0.3, -0.25) is 9.59 Å². The molecule has 0 aliphatic carbocycles. The molecule has 1 aromatic rings. The zero-order valence-electron chi connectivity index (χ0n) is 9.14. The Morgan fingerprint density at radius 1 is 1.38 bits per heavy atom. The van der Waals surface area contributed by atoms with Crippen LogP contribution >= 0.6 is 0 Å². The van der Waals surface area contributed by atoms with Gasteiger partial charge < -0.3 is 10.2 Å². The van der Waals surface area contributed by atoms with Crippen LogP contribution in [-0.2, 0) is 9.59 Å². The number of carbonyl (C=O) groups is 2. The summed E-state index contributed by atoms with van der Waals surface area (Å²) >= 11 is 0. The summed E-state index contributed by atoms with van der Waals surface area (Å²) in [6.07, 6.45) is 0. The molecule has 16 heavy (non-hydrogen) atoms. The van der Waals surface area contributed by atoms with E-state index >= 15 is 0 Å². The molecule has 2 rings (SSSR count). The highest BCUT2D eigenvalue weighted by atomic mass is 16.2. The van der Waals surface area contributed by atoms with Crippen LogP contribution in [0.4, 0.5) is 0 Å². The number of piperazine rings is 1. The number of rotatable bonds is 1. The Morgan fingerprint density at radius 2 is 2.06 bits per heavy atom. The molecule has 0 aromatic heterocycles. The van der Waals surface area contributed by atoms with Crippen LogP contribution in [0.1, 0.15) is 18.5 Å². The summed E-state index contributed by atoms with van der Waals surface area (Å²) < 4.78 is 0. The maximum Gasteiger partial charge on any atom is 0.247 e. The Balaban J connectivity index is 2.34. The molecular weight excluding hydrogens is 204 g/mol. The Morgan fingerprint density at radius 3 is 2.69 bits per heavy atom. The molecule has 0 bridgehead atoms. The molecular formula is C12H14N2O2. The third kappa shape index (κ3) is 1.91. The summed E-state index contributed by atoms with van der Waals surface area (Å²) in [5.41, 5.74) is 0.856. The van der Waals surface area contributed by atoms with Crippen molar-refractivity contribution in [1.82, 2.24) is 10.2 Å². The van der Waals surface area contributed by atoms with Gasteiger partial charge >= 0.3 is 0 Å². The summed E-state index contributed by atoms with van der Waals surface area (Å²) in [6.45, 7) is 2.59. The molecule has 1 heterocycles. The second-order valence-electron chi connectivity index (χ2n) is 3.82. The summed E-state index contributed by atoms with van der Waals surface area (Å²) in [4.78, 5) is 24.9. The lowest BCUT2D eigenvalue weighted by atomic mass is 10.0. The third-order valence-electron chi connectivity index (χ3n) is 2.73. The summed E-state index contributed by atoms with van der Waals surface area (Å²) in [7, 11) is 0. The van der Waals surface area contributed by atoms with Gasteiger partial charge in [-0.2, -0.15) is 0 Å². The minimum absolute atomic E-state index is 0.0660. The predicted molar refractivity (Wildman–Crippen MR) is 59.6 cm³/mol. The van der Waals surface area contributed by atoms with Crippen molar-refractivity contribution in [2.45, 2.75) is 13.0 Å². The molecule has 1 saturated heterocycles. The first-order valence-electron chi connectivity index (χ1n) is 5.30. The largest absolute Gasteiger partial charge is 0.352 e. The second-order valence-corrected chi connectivity index (χ2v) is 3.82. The molecule has 1 N–H and O–H groups in total. The van der Waals surface area contributed by atoms with Crippen molar-refractivity contribution in [2.75, 3.05) is 13.1 Å². The van der Waals surface area contributed by atoms with Crippen molar-refractivity contribution in [1.29, 1.82) is 0 Å². The lowest BCUT2D eigenvalue weighted by molar-refractivity contribution is -0.142. The van der Waals surface area contributed by atoms with Gasteiger partial charge in [0, 0.05) is 20.0 Å². The number of carbonyl (C=O) groups excluding carboxylic acids is 2. The molecule has 1 unspecified atom stereocenters. The van der Waals surface area contributed by atoms with Crippen LogP contribution in [0.25, 0.3) is 0 Å². The number of hydrogen-bond donors (Lipinski definition) is 1. The Hall–Kier alpha value is -1.84. The van der Waals surface area contributed by atoms with Crippen LogP contribution in [0.3, 0.4) is 0 Å². The van der Waals surface area contributed by atoms with Gasteiger partial charge in [0.15, 0.2) is 0 Å². The number of nitrogens with one attached hydrogen (secondary N) is 1. The number of benzene rings is 1. The highest BCUT2D eigenvalue weighted by molar-refractivity contribution is 5.89. The Kier molecular flexibility index (Phi) is 2.90. The van der Waals surface area contributed by atoms with Crippen molar-refractivity contribution in [3.63, 3.8) is 0 Å². The highest BCUT2D eigenvalue weighted by Gasteiger charge is 2.32. The van der Waals surface area contributed by atoms with Crippen molar-refractivity contribution in [2.24, 2.45) is 0 Å². The fourth-order valence-electron chi connectivity index (χ4n) is 1.97. The van der Waals surface area contributed by atoms with Crippen LogP contribution in [0.2, 0.25) is 0 Å². The van der Waals surface area contributed by atoms with Gasteiger partial charge in [-0.15, -0.1) is 0 Å². The average molecular weight is 218 g/mol. The van der Waals surface area contributed by atoms with Gasteiger partial charge in [0.1, 0.15) is 6.04 Å². The molecule has 4 heteroatoms. The standard InChI is InChI=1S/C12H14N2O2/c1-9(15)14-8-7-13-12(16)11(14)10-5-3-2-4-6-10/h2-6,11H,7-8H2,1H3,(H,13,16). The molecule has 1 aliphatic heterocycles. The van der Waals surface area contributed by atoms with Gasteiger partial charge in [-0.1, -0.05) is 30.3 Å². The summed E-state index contributed by atoms with van der Waals surface area (Å²) in [5.74, 6) is -0.170. The fourth-order valence-corrected chi connectivity index (χ4v) is 1.97. The maximum atomic E-state index is 11.8. The van der Waals surface area contributed by atoms with E-state index in [2.05, 4.69) is 5.32 Å². The van der Waals surface area contributed by atoms with Crippen LogP contribution in [-0.4, -0.2) is 29.8 Å². The smallest absolute Gasteiger partial charge is 0.247 e. The predicted octanol–water partition coefficient (Wildman–Crippen LogP) is 0.706. The maximum absolute atomic E-state index is 11.8. The van der Waals surface area contributed by atoms with E-state index in [9.17, 15) is 9.59 Å². The van der Waals surface area contributed by atoms with E-state index < -0.39 is 6.04 Å². The number of hydrogen-bond acceptors (Lipinski definition) is 2. The van der Waals surface area contributed by atoms with Crippen LogP contribution in [0.5, 0.6) is 0 Å². The average Bonchev–Trinajstić information content (AvgIpc) is 2.29. The number of nitrogens with zero attached hydrogens (tertiary/aromatic N) is 1. The molecule has 0 spiro atoms. The van der Waals surface area contributed by atoms with Crippen molar-refractivity contribution < 1.29 is 9.59 Å². The summed E-state index contributed by atoms with van der Waals surface area (Å²) in [5, 5.41) is 2.78. The third-order valence-corrected chi connectivity index (χ3v) is 2.73. The SMILES string of the molecule is CC(=O)N1CCNC(=O)C1c1ccccc1. The van der Waals surface area contributed by atoms with E-state index in [1.165, 1.54) is 6.92 Å². The Bertz CT molecular complexity index is 403. The van der Waals surface area contributed by atoms with Gasteiger partial charge in [0.25, 0.3) is 0 Å². The minimum Gasteiger partial charge on any atom is -0.352 e. The lowest BCUT2D eigenvalue weighted by Crippen LogP contribution is -2.51. The Labute approximate surface area is 94.2 Å². The van der Waals surface area contributed by atoms with Crippen molar-refractivity contribution in [3.8, 4) is 0 Å². The fraction of sp³-hybridized carbons (Fsp3) is 0.333. The monoisotopic (exact) mass is 218 g/mol. The molecule has 1 aromatic carbocycles. The minimum atomic E-state index is -0.479. The van der Waals surface area contributed by atoms with Gasteiger partial charge in [-0.05, 0) is 5.56 Å². The summed E-state index contributed by atoms with van der Waals surface area (Å²) in [6, 6.07) is 8.89. The van der Waals surface area contributed by atoms with E-state index in [4.69, 9.17) is 0 Å². The van der Waals surface area contributed by atoms with Crippen LogP contribution in [0.15, 0.2) is 30.3 Å². The first-order chi connectivity index (χ1) is 7.70. The van der Waals surface area contributed by atoms with E-state index in [-0.39, 0.29) is 11.8 Å². The van der Waals surface area contributed by atoms with Crippen molar-refractivity contribution >= 4 is 11.8 Å². The zero-order valence-corrected chi connectivity index (χ0v) is 9.14. The van der Waals surface area contributed by atoms with Crippen LogP contribution < -0.4 is 5.32 Å². The van der Waals surface area contributed by atoms with E-state index in [1.807, 2.05) is 30.3 Å². The molecule has 1 aliphatic rings.